The van der Waals surface area contributed by atoms with Crippen molar-refractivity contribution >= 4 is 28.7 Å². The van der Waals surface area contributed by atoms with Crippen LogP contribution in [0.15, 0.2) is 35.5 Å². The molecule has 0 unspecified atom stereocenters. The molecular formula is C15H8N4O8. The summed E-state index contributed by atoms with van der Waals surface area (Å²) in [6.45, 7) is 1.06. The van der Waals surface area contributed by atoms with E-state index in [0.717, 1.165) is 31.2 Å². The normalized spacial score (nSPS) is 13.0. The smallest absolute Gasteiger partial charge is 0.318 e. The SMILES string of the molecule is CC(=O)O/N=C1/c2cc([N+](=O)[O-])ccc2-c2c1cc([N+](=O)[O-])cc2[N+](=O)[O-]. The fourth-order valence-corrected chi connectivity index (χ4v) is 2.74. The average molecular weight is 372 g/mol. The predicted molar refractivity (Wildman–Crippen MR) is 89.2 cm³/mol. The number of nitro groups is 3. The van der Waals surface area contributed by atoms with Gasteiger partial charge in [-0.25, -0.2) is 4.79 Å². The number of rotatable bonds is 4. The number of oxime groups is 1. The van der Waals surface area contributed by atoms with Gasteiger partial charge >= 0.3 is 5.97 Å². The molecular weight excluding hydrogens is 364 g/mol. The van der Waals surface area contributed by atoms with Crippen molar-refractivity contribution in [2.24, 2.45) is 5.16 Å². The van der Waals surface area contributed by atoms with E-state index in [9.17, 15) is 35.1 Å². The summed E-state index contributed by atoms with van der Waals surface area (Å²) in [5.41, 5.74) is -1.35. The summed E-state index contributed by atoms with van der Waals surface area (Å²) in [7, 11) is 0. The number of non-ortho nitro benzene ring substituents is 2. The summed E-state index contributed by atoms with van der Waals surface area (Å²) < 4.78 is 0. The number of fused-ring (bicyclic) bond motifs is 3. The Labute approximate surface area is 149 Å². The van der Waals surface area contributed by atoms with Gasteiger partial charge in [-0.05, 0) is 11.6 Å². The van der Waals surface area contributed by atoms with Gasteiger partial charge in [-0.2, -0.15) is 0 Å². The number of carbonyl (C=O) groups excluding carboxylic acids is 1. The van der Waals surface area contributed by atoms with Crippen molar-refractivity contribution in [1.82, 2.24) is 0 Å². The Kier molecular flexibility index (Phi) is 4.08. The minimum absolute atomic E-state index is 0.00130. The van der Waals surface area contributed by atoms with E-state index < -0.39 is 32.1 Å². The largest absolute Gasteiger partial charge is 0.332 e. The molecule has 0 bridgehead atoms. The molecule has 0 saturated carbocycles. The quantitative estimate of drug-likeness (QED) is 0.382. The van der Waals surface area contributed by atoms with Crippen molar-refractivity contribution in [3.05, 3.63) is 71.8 Å². The lowest BCUT2D eigenvalue weighted by molar-refractivity contribution is -0.393. The number of nitro benzene ring substituents is 3. The van der Waals surface area contributed by atoms with E-state index in [4.69, 9.17) is 0 Å². The lowest BCUT2D eigenvalue weighted by Crippen LogP contribution is -2.04. The summed E-state index contributed by atoms with van der Waals surface area (Å²) in [4.78, 5) is 47.0. The van der Waals surface area contributed by atoms with Crippen molar-refractivity contribution in [2.45, 2.75) is 6.92 Å². The Bertz CT molecular complexity index is 1080. The Balaban J connectivity index is 2.38. The summed E-state index contributed by atoms with van der Waals surface area (Å²) in [5.74, 6) is -0.803. The number of hydrogen-bond donors (Lipinski definition) is 0. The lowest BCUT2D eigenvalue weighted by atomic mass is 10.0. The van der Waals surface area contributed by atoms with E-state index >= 15 is 0 Å². The Morgan fingerprint density at radius 1 is 0.889 bits per heavy atom. The molecule has 12 heteroatoms. The van der Waals surface area contributed by atoms with Crippen LogP contribution in [0.4, 0.5) is 17.1 Å². The maximum atomic E-state index is 11.4. The fourth-order valence-electron chi connectivity index (χ4n) is 2.74. The maximum absolute atomic E-state index is 11.4. The molecule has 0 amide bonds. The number of carbonyl (C=O) groups is 1. The topological polar surface area (TPSA) is 168 Å². The second-order valence-corrected chi connectivity index (χ2v) is 5.41. The highest BCUT2D eigenvalue weighted by atomic mass is 16.7. The van der Waals surface area contributed by atoms with Crippen LogP contribution >= 0.6 is 0 Å². The third-order valence-corrected chi connectivity index (χ3v) is 3.77. The molecule has 0 aromatic heterocycles. The van der Waals surface area contributed by atoms with E-state index in [1.807, 2.05) is 0 Å². The van der Waals surface area contributed by atoms with Gasteiger partial charge in [0.1, 0.15) is 5.71 Å². The van der Waals surface area contributed by atoms with Gasteiger partial charge in [-0.1, -0.05) is 5.16 Å². The van der Waals surface area contributed by atoms with Crippen LogP contribution in [-0.4, -0.2) is 26.5 Å². The zero-order valence-electron chi connectivity index (χ0n) is 13.4. The van der Waals surface area contributed by atoms with Gasteiger partial charge in [0, 0.05) is 36.2 Å². The van der Waals surface area contributed by atoms with Crippen molar-refractivity contribution in [3.63, 3.8) is 0 Å². The molecule has 27 heavy (non-hydrogen) atoms. The average Bonchev–Trinajstić information content (AvgIpc) is 2.91. The first-order chi connectivity index (χ1) is 12.7. The molecule has 0 aliphatic heterocycles. The third-order valence-electron chi connectivity index (χ3n) is 3.77. The van der Waals surface area contributed by atoms with Crippen LogP contribution in [0.3, 0.4) is 0 Å². The maximum Gasteiger partial charge on any atom is 0.332 e. The molecule has 0 saturated heterocycles. The molecule has 12 nitrogen and oxygen atoms in total. The van der Waals surface area contributed by atoms with Gasteiger partial charge < -0.3 is 4.84 Å². The first-order valence-electron chi connectivity index (χ1n) is 7.22. The molecule has 0 radical (unpaired) electrons. The molecule has 0 fully saturated rings. The first kappa shape index (κ1) is 17.6. The number of hydrogen-bond acceptors (Lipinski definition) is 9. The Hall–Kier alpha value is -4.22. The van der Waals surface area contributed by atoms with Gasteiger partial charge in [0.15, 0.2) is 0 Å². The van der Waals surface area contributed by atoms with Crippen LogP contribution in [0.2, 0.25) is 0 Å². The van der Waals surface area contributed by atoms with E-state index in [0.29, 0.717) is 0 Å². The number of benzene rings is 2. The highest BCUT2D eigenvalue weighted by Gasteiger charge is 2.36. The van der Waals surface area contributed by atoms with Crippen molar-refractivity contribution in [1.29, 1.82) is 0 Å². The lowest BCUT2D eigenvalue weighted by Gasteiger charge is -2.02. The highest BCUT2D eigenvalue weighted by molar-refractivity contribution is 6.26. The third kappa shape index (κ3) is 2.95. The second kappa shape index (κ2) is 6.25. The Morgan fingerprint density at radius 3 is 2.07 bits per heavy atom. The van der Waals surface area contributed by atoms with Crippen LogP contribution in [-0.2, 0) is 9.63 Å². The van der Waals surface area contributed by atoms with Crippen molar-refractivity contribution in [2.75, 3.05) is 0 Å². The predicted octanol–water partition coefficient (Wildman–Crippen LogP) is 2.71. The second-order valence-electron chi connectivity index (χ2n) is 5.41. The minimum Gasteiger partial charge on any atom is -0.318 e. The fraction of sp³-hybridized carbons (Fsp3) is 0.0667. The van der Waals surface area contributed by atoms with Gasteiger partial charge in [0.25, 0.3) is 17.1 Å². The van der Waals surface area contributed by atoms with E-state index in [1.54, 1.807) is 0 Å². The molecule has 1 aliphatic carbocycles. The summed E-state index contributed by atoms with van der Waals surface area (Å²) >= 11 is 0. The standard InChI is InChI=1S/C15H8N4O8/c1-7(20)27-16-15-11-4-8(17(21)22)2-3-10(11)14-12(15)5-9(18(23)24)6-13(14)19(25)26/h2-6H,1H3/b16-15-. The molecule has 0 spiro atoms. The molecule has 0 heterocycles. The molecule has 0 atom stereocenters. The van der Waals surface area contributed by atoms with Crippen molar-refractivity contribution < 1.29 is 24.4 Å². The van der Waals surface area contributed by atoms with Gasteiger partial charge in [-0.3, -0.25) is 30.3 Å². The van der Waals surface area contributed by atoms with Gasteiger partial charge in [0.2, 0.25) is 0 Å². The molecule has 1 aliphatic rings. The van der Waals surface area contributed by atoms with Crippen LogP contribution in [0.1, 0.15) is 18.1 Å². The molecule has 2 aromatic carbocycles. The Morgan fingerprint density at radius 2 is 1.52 bits per heavy atom. The zero-order chi connectivity index (χ0) is 19.9. The molecule has 3 rings (SSSR count). The first-order valence-corrected chi connectivity index (χ1v) is 7.22. The number of nitrogens with zero attached hydrogens (tertiary/aromatic N) is 4. The summed E-state index contributed by atoms with van der Waals surface area (Å²) in [5, 5.41) is 37.2. The molecule has 136 valence electrons. The van der Waals surface area contributed by atoms with Crippen LogP contribution < -0.4 is 0 Å². The van der Waals surface area contributed by atoms with E-state index in [2.05, 4.69) is 9.99 Å². The highest BCUT2D eigenvalue weighted by Crippen LogP contribution is 2.45. The molecule has 2 aromatic rings. The zero-order valence-corrected chi connectivity index (χ0v) is 13.4. The summed E-state index contributed by atoms with van der Waals surface area (Å²) in [6, 6.07) is 5.35. The minimum atomic E-state index is -0.817. The van der Waals surface area contributed by atoms with Crippen LogP contribution in [0.25, 0.3) is 11.1 Å². The summed E-state index contributed by atoms with van der Waals surface area (Å²) in [6.07, 6.45) is 0. The molecule has 0 N–H and O–H groups in total. The van der Waals surface area contributed by atoms with E-state index in [1.165, 1.54) is 6.07 Å². The van der Waals surface area contributed by atoms with Crippen molar-refractivity contribution in [3.8, 4) is 11.1 Å². The van der Waals surface area contributed by atoms with Gasteiger partial charge in [-0.15, -0.1) is 0 Å². The van der Waals surface area contributed by atoms with E-state index in [-0.39, 0.29) is 33.7 Å². The van der Waals surface area contributed by atoms with Crippen LogP contribution in [0, 0.1) is 30.3 Å². The van der Waals surface area contributed by atoms with Crippen LogP contribution in [0.5, 0.6) is 0 Å². The monoisotopic (exact) mass is 372 g/mol. The van der Waals surface area contributed by atoms with Gasteiger partial charge in [0.05, 0.1) is 26.4 Å².